The molecule has 0 saturated carbocycles. The lowest BCUT2D eigenvalue weighted by Gasteiger charge is -2.21. The molecule has 1 rings (SSSR count). The van der Waals surface area contributed by atoms with E-state index in [0.717, 1.165) is 7.05 Å². The van der Waals surface area contributed by atoms with Crippen molar-refractivity contribution in [3.05, 3.63) is 28.8 Å². The number of carboxylic acids is 1. The van der Waals surface area contributed by atoms with Crippen molar-refractivity contribution in [2.24, 2.45) is 0 Å². The number of amides is 2. The first-order chi connectivity index (χ1) is 9.51. The van der Waals surface area contributed by atoms with Gasteiger partial charge in [-0.25, -0.2) is 9.59 Å². The molecule has 0 bridgehead atoms. The first kappa shape index (κ1) is 16.8. The van der Waals surface area contributed by atoms with E-state index in [1.807, 2.05) is 0 Å². The SMILES string of the molecule is Cc1cc(C)c(NC(=O)N(C)CC(F)(F)F)c(C(=O)O)c1. The summed E-state index contributed by atoms with van der Waals surface area (Å²) >= 11 is 0. The summed E-state index contributed by atoms with van der Waals surface area (Å²) in [4.78, 5) is 23.3. The second-order valence-corrected chi connectivity index (χ2v) is 4.71. The van der Waals surface area contributed by atoms with Crippen molar-refractivity contribution in [3.63, 3.8) is 0 Å². The highest BCUT2D eigenvalue weighted by molar-refractivity contribution is 6.01. The topological polar surface area (TPSA) is 69.6 Å². The van der Waals surface area contributed by atoms with Gasteiger partial charge in [-0.15, -0.1) is 0 Å². The van der Waals surface area contributed by atoms with Gasteiger partial charge >= 0.3 is 18.2 Å². The van der Waals surface area contributed by atoms with Crippen LogP contribution in [-0.4, -0.2) is 41.8 Å². The van der Waals surface area contributed by atoms with E-state index in [9.17, 15) is 22.8 Å². The molecule has 0 unspecified atom stereocenters. The monoisotopic (exact) mass is 304 g/mol. The van der Waals surface area contributed by atoms with Crippen molar-refractivity contribution < 1.29 is 27.9 Å². The fourth-order valence-corrected chi connectivity index (χ4v) is 1.85. The molecule has 0 aliphatic heterocycles. The normalized spacial score (nSPS) is 11.1. The number of nitrogens with one attached hydrogen (secondary N) is 1. The first-order valence-electron chi connectivity index (χ1n) is 5.94. The fraction of sp³-hybridized carbons (Fsp3) is 0.385. The number of carboxylic acid groups (broad SMARTS) is 1. The number of benzene rings is 1. The molecule has 21 heavy (non-hydrogen) atoms. The summed E-state index contributed by atoms with van der Waals surface area (Å²) in [6, 6.07) is 1.95. The van der Waals surface area contributed by atoms with Crippen molar-refractivity contribution in [1.82, 2.24) is 4.90 Å². The number of carbonyl (C=O) groups excluding carboxylic acids is 1. The molecule has 1 aromatic rings. The van der Waals surface area contributed by atoms with Crippen molar-refractivity contribution in [2.45, 2.75) is 20.0 Å². The van der Waals surface area contributed by atoms with E-state index in [-0.39, 0.29) is 11.3 Å². The summed E-state index contributed by atoms with van der Waals surface area (Å²) in [5, 5.41) is 11.3. The van der Waals surface area contributed by atoms with Crippen molar-refractivity contribution in [1.29, 1.82) is 0 Å². The van der Waals surface area contributed by atoms with Crippen LogP contribution < -0.4 is 5.32 Å². The summed E-state index contributed by atoms with van der Waals surface area (Å²) in [7, 11) is 0.979. The maximum absolute atomic E-state index is 12.2. The maximum atomic E-state index is 12.2. The maximum Gasteiger partial charge on any atom is 0.406 e. The molecule has 0 spiro atoms. The zero-order chi connectivity index (χ0) is 16.4. The van der Waals surface area contributed by atoms with E-state index in [1.165, 1.54) is 6.07 Å². The van der Waals surface area contributed by atoms with E-state index in [2.05, 4.69) is 5.32 Å². The molecule has 116 valence electrons. The van der Waals surface area contributed by atoms with Gasteiger partial charge in [0.25, 0.3) is 0 Å². The van der Waals surface area contributed by atoms with Crippen LogP contribution in [0.5, 0.6) is 0 Å². The Morgan fingerprint density at radius 1 is 1.29 bits per heavy atom. The Bertz CT molecular complexity index is 571. The van der Waals surface area contributed by atoms with Crippen molar-refractivity contribution in [2.75, 3.05) is 18.9 Å². The number of hydrogen-bond donors (Lipinski definition) is 2. The standard InChI is InChI=1S/C13H15F3N2O3/c1-7-4-8(2)10(9(5-7)11(19)20)17-12(21)18(3)6-13(14,15)16/h4-5H,6H2,1-3H3,(H,17,21)(H,19,20). The molecule has 0 saturated heterocycles. The van der Waals surface area contributed by atoms with Gasteiger partial charge in [0, 0.05) is 7.05 Å². The Morgan fingerprint density at radius 2 is 1.86 bits per heavy atom. The largest absolute Gasteiger partial charge is 0.478 e. The predicted molar refractivity (Wildman–Crippen MR) is 70.6 cm³/mol. The van der Waals surface area contributed by atoms with Gasteiger partial charge in [-0.1, -0.05) is 6.07 Å². The Hall–Kier alpha value is -2.25. The summed E-state index contributed by atoms with van der Waals surface area (Å²) in [6.45, 7) is 1.83. The quantitative estimate of drug-likeness (QED) is 0.901. The van der Waals surface area contributed by atoms with Crippen LogP contribution in [0.3, 0.4) is 0 Å². The Labute approximate surface area is 119 Å². The molecular weight excluding hydrogens is 289 g/mol. The number of hydrogen-bond acceptors (Lipinski definition) is 2. The third-order valence-electron chi connectivity index (χ3n) is 2.71. The van der Waals surface area contributed by atoms with Crippen LogP contribution in [0.4, 0.5) is 23.7 Å². The highest BCUT2D eigenvalue weighted by Gasteiger charge is 2.31. The minimum Gasteiger partial charge on any atom is -0.478 e. The number of aromatic carboxylic acids is 1. The molecule has 0 heterocycles. The molecular formula is C13H15F3N2O3. The van der Waals surface area contributed by atoms with Gasteiger partial charge in [0.2, 0.25) is 0 Å². The van der Waals surface area contributed by atoms with E-state index < -0.39 is 24.7 Å². The van der Waals surface area contributed by atoms with Crippen LogP contribution in [0.25, 0.3) is 0 Å². The van der Waals surface area contributed by atoms with Gasteiger partial charge in [-0.3, -0.25) is 0 Å². The smallest absolute Gasteiger partial charge is 0.406 e. The lowest BCUT2D eigenvalue weighted by molar-refractivity contribution is -0.137. The van der Waals surface area contributed by atoms with Gasteiger partial charge in [0.15, 0.2) is 0 Å². The Morgan fingerprint density at radius 3 is 2.33 bits per heavy atom. The fourth-order valence-electron chi connectivity index (χ4n) is 1.85. The van der Waals surface area contributed by atoms with Crippen LogP contribution in [-0.2, 0) is 0 Å². The highest BCUT2D eigenvalue weighted by Crippen LogP contribution is 2.24. The number of aryl methyl sites for hydroxylation is 2. The zero-order valence-corrected chi connectivity index (χ0v) is 11.7. The van der Waals surface area contributed by atoms with Crippen molar-refractivity contribution >= 4 is 17.7 Å². The zero-order valence-electron chi connectivity index (χ0n) is 11.7. The lowest BCUT2D eigenvalue weighted by Crippen LogP contribution is -2.38. The van der Waals surface area contributed by atoms with Crippen LogP contribution in [0.1, 0.15) is 21.5 Å². The predicted octanol–water partition coefficient (Wildman–Crippen LogP) is 3.03. The molecule has 1 aromatic carbocycles. The first-order valence-corrected chi connectivity index (χ1v) is 5.94. The molecule has 0 radical (unpaired) electrons. The summed E-state index contributed by atoms with van der Waals surface area (Å²) in [5.74, 6) is -1.27. The van der Waals surface area contributed by atoms with E-state index >= 15 is 0 Å². The summed E-state index contributed by atoms with van der Waals surface area (Å²) in [6.07, 6.45) is -4.52. The number of carbonyl (C=O) groups is 2. The second-order valence-electron chi connectivity index (χ2n) is 4.71. The van der Waals surface area contributed by atoms with Crippen LogP contribution >= 0.6 is 0 Å². The number of alkyl halides is 3. The average molecular weight is 304 g/mol. The highest BCUT2D eigenvalue weighted by atomic mass is 19.4. The number of urea groups is 1. The average Bonchev–Trinajstić information content (AvgIpc) is 2.29. The van der Waals surface area contributed by atoms with Gasteiger partial charge < -0.3 is 15.3 Å². The molecule has 5 nitrogen and oxygen atoms in total. The molecule has 0 aromatic heterocycles. The van der Waals surface area contributed by atoms with E-state index in [0.29, 0.717) is 16.0 Å². The van der Waals surface area contributed by atoms with E-state index in [1.54, 1.807) is 19.9 Å². The number of rotatable bonds is 3. The van der Waals surface area contributed by atoms with Crippen LogP contribution in [0.2, 0.25) is 0 Å². The third kappa shape index (κ3) is 4.66. The molecule has 8 heteroatoms. The minimum absolute atomic E-state index is 0.00729. The van der Waals surface area contributed by atoms with Gasteiger partial charge in [-0.2, -0.15) is 13.2 Å². The molecule has 0 aliphatic carbocycles. The molecule has 2 N–H and O–H groups in total. The Balaban J connectivity index is 3.02. The molecule has 0 aliphatic rings. The molecule has 0 fully saturated rings. The second kappa shape index (κ2) is 6.02. The molecule has 0 atom stereocenters. The number of nitrogens with zero attached hydrogens (tertiary/aromatic N) is 1. The third-order valence-corrected chi connectivity index (χ3v) is 2.71. The van der Waals surface area contributed by atoms with Crippen molar-refractivity contribution in [3.8, 4) is 0 Å². The minimum atomic E-state index is -4.52. The van der Waals surface area contributed by atoms with E-state index in [4.69, 9.17) is 5.11 Å². The summed E-state index contributed by atoms with van der Waals surface area (Å²) in [5.41, 5.74) is 0.959. The molecule has 2 amide bonds. The number of anilines is 1. The van der Waals surface area contributed by atoms with Gasteiger partial charge in [-0.05, 0) is 31.0 Å². The van der Waals surface area contributed by atoms with Crippen LogP contribution in [0.15, 0.2) is 12.1 Å². The Kier molecular flexibility index (Phi) is 4.82. The number of halogens is 3. The van der Waals surface area contributed by atoms with Gasteiger partial charge in [0.1, 0.15) is 6.54 Å². The van der Waals surface area contributed by atoms with Gasteiger partial charge in [0.05, 0.1) is 11.3 Å². The lowest BCUT2D eigenvalue weighted by atomic mass is 10.0. The van der Waals surface area contributed by atoms with Crippen LogP contribution in [0, 0.1) is 13.8 Å². The summed E-state index contributed by atoms with van der Waals surface area (Å²) < 4.78 is 36.7.